The summed E-state index contributed by atoms with van der Waals surface area (Å²) in [6.45, 7) is 4.98. The summed E-state index contributed by atoms with van der Waals surface area (Å²) < 4.78 is 5.47. The van der Waals surface area contributed by atoms with Crippen molar-refractivity contribution in [3.8, 4) is 0 Å². The molecule has 0 rings (SSSR count). The van der Waals surface area contributed by atoms with Crippen molar-refractivity contribution < 1.29 is 24.5 Å². The molecule has 2 atom stereocenters. The smallest absolute Gasteiger partial charge is 0.305 e. The molecule has 0 heterocycles. The lowest BCUT2D eigenvalue weighted by Gasteiger charge is -2.22. The van der Waals surface area contributed by atoms with Crippen LogP contribution in [0.3, 0.4) is 0 Å². The summed E-state index contributed by atoms with van der Waals surface area (Å²) in [5, 5.41) is 23.4. The maximum Gasteiger partial charge on any atom is 0.305 e. The molecule has 0 aromatic carbocycles. The van der Waals surface area contributed by atoms with E-state index in [2.05, 4.69) is 31.3 Å². The highest BCUT2D eigenvalue weighted by molar-refractivity contribution is 5.76. The molecule has 0 saturated heterocycles. The van der Waals surface area contributed by atoms with Gasteiger partial charge < -0.3 is 20.3 Å². The maximum atomic E-state index is 12.5. The number of aliphatic hydroxyl groups excluding tert-OH is 2. The second-order valence-corrected chi connectivity index (χ2v) is 22.8. The van der Waals surface area contributed by atoms with Crippen LogP contribution in [0.5, 0.6) is 0 Å². The SMILES string of the molecule is CCCCCCCCCCCCCCCCCCCCCCCCC(O)C(CO)NC(=O)CCCCCCCCC/C=C\CCCCCCCCCCCCOC(=O)CCCCCCCCCCCCCC. The molecule has 0 aliphatic heterocycles. The zero-order valence-corrected chi connectivity index (χ0v) is 48.9. The minimum Gasteiger partial charge on any atom is -0.466 e. The van der Waals surface area contributed by atoms with Crippen LogP contribution >= 0.6 is 0 Å². The summed E-state index contributed by atoms with van der Waals surface area (Å²) in [6, 6.07) is -0.547. The van der Waals surface area contributed by atoms with Crippen molar-refractivity contribution in [2.75, 3.05) is 13.2 Å². The topological polar surface area (TPSA) is 95.9 Å². The van der Waals surface area contributed by atoms with Gasteiger partial charge in [-0.3, -0.25) is 9.59 Å². The lowest BCUT2D eigenvalue weighted by atomic mass is 10.0. The highest BCUT2D eigenvalue weighted by Crippen LogP contribution is 2.18. The summed E-state index contributed by atoms with van der Waals surface area (Å²) in [6.07, 6.45) is 75.2. The van der Waals surface area contributed by atoms with Crippen molar-refractivity contribution in [2.45, 2.75) is 386 Å². The van der Waals surface area contributed by atoms with Gasteiger partial charge in [0.2, 0.25) is 5.91 Å². The van der Waals surface area contributed by atoms with E-state index < -0.39 is 12.1 Å². The molecule has 0 aliphatic carbocycles. The highest BCUT2D eigenvalue weighted by atomic mass is 16.5. The third-order valence-corrected chi connectivity index (χ3v) is 15.6. The average molecular weight is 1020 g/mol. The van der Waals surface area contributed by atoms with Crippen LogP contribution in [0, 0.1) is 0 Å². The largest absolute Gasteiger partial charge is 0.466 e. The van der Waals surface area contributed by atoms with E-state index in [9.17, 15) is 19.8 Å². The second-order valence-electron chi connectivity index (χ2n) is 22.8. The van der Waals surface area contributed by atoms with Crippen LogP contribution in [0.4, 0.5) is 0 Å². The van der Waals surface area contributed by atoms with Gasteiger partial charge >= 0.3 is 5.97 Å². The number of hydrogen-bond acceptors (Lipinski definition) is 5. The molecule has 0 aromatic heterocycles. The zero-order valence-electron chi connectivity index (χ0n) is 48.9. The number of esters is 1. The summed E-state index contributed by atoms with van der Waals surface area (Å²) in [5.41, 5.74) is 0. The van der Waals surface area contributed by atoms with Gasteiger partial charge in [-0.25, -0.2) is 0 Å². The van der Waals surface area contributed by atoms with E-state index >= 15 is 0 Å². The third-order valence-electron chi connectivity index (χ3n) is 15.6. The molecule has 428 valence electrons. The molecule has 0 aromatic rings. The van der Waals surface area contributed by atoms with Crippen LogP contribution in [-0.2, 0) is 14.3 Å². The average Bonchev–Trinajstić information content (AvgIpc) is 3.38. The predicted molar refractivity (Wildman–Crippen MR) is 315 cm³/mol. The Morgan fingerprint density at radius 1 is 0.375 bits per heavy atom. The number of rotatable bonds is 62. The molecular formula is C66H129NO5. The molecule has 2 unspecified atom stereocenters. The van der Waals surface area contributed by atoms with Gasteiger partial charge in [0.15, 0.2) is 0 Å². The molecule has 6 heteroatoms. The van der Waals surface area contributed by atoms with Gasteiger partial charge in [-0.1, -0.05) is 321 Å². The van der Waals surface area contributed by atoms with Crippen molar-refractivity contribution >= 4 is 11.9 Å². The van der Waals surface area contributed by atoms with Crippen molar-refractivity contribution in [3.63, 3.8) is 0 Å². The predicted octanol–water partition coefficient (Wildman–Crippen LogP) is 20.8. The molecule has 0 bridgehead atoms. The number of unbranched alkanes of at least 4 members (excludes halogenated alkanes) is 49. The van der Waals surface area contributed by atoms with Gasteiger partial charge in [-0.2, -0.15) is 0 Å². The number of hydrogen-bond donors (Lipinski definition) is 3. The van der Waals surface area contributed by atoms with Crippen LogP contribution in [0.1, 0.15) is 373 Å². The highest BCUT2D eigenvalue weighted by Gasteiger charge is 2.20. The summed E-state index contributed by atoms with van der Waals surface area (Å²) in [5.74, 6) is -0.0284. The van der Waals surface area contributed by atoms with E-state index in [4.69, 9.17) is 4.74 Å². The van der Waals surface area contributed by atoms with Crippen LogP contribution in [0.25, 0.3) is 0 Å². The fourth-order valence-corrected chi connectivity index (χ4v) is 10.5. The van der Waals surface area contributed by atoms with Crippen LogP contribution < -0.4 is 5.32 Å². The quantitative estimate of drug-likeness (QED) is 0.0320. The van der Waals surface area contributed by atoms with Gasteiger partial charge in [0.05, 0.1) is 25.4 Å². The zero-order chi connectivity index (χ0) is 52.2. The molecule has 6 nitrogen and oxygen atoms in total. The van der Waals surface area contributed by atoms with Crippen LogP contribution in [0.2, 0.25) is 0 Å². The fourth-order valence-electron chi connectivity index (χ4n) is 10.5. The van der Waals surface area contributed by atoms with E-state index in [0.29, 0.717) is 25.9 Å². The van der Waals surface area contributed by atoms with E-state index in [1.807, 2.05) is 0 Å². The molecule has 3 N–H and O–H groups in total. The number of ether oxygens (including phenoxy) is 1. The Morgan fingerprint density at radius 3 is 0.986 bits per heavy atom. The van der Waals surface area contributed by atoms with Gasteiger partial charge in [0.1, 0.15) is 0 Å². The summed E-state index contributed by atoms with van der Waals surface area (Å²) in [7, 11) is 0. The monoisotopic (exact) mass is 1020 g/mol. The van der Waals surface area contributed by atoms with Crippen LogP contribution in [-0.4, -0.2) is 47.4 Å². The first-order valence-corrected chi connectivity index (χ1v) is 32.9. The van der Waals surface area contributed by atoms with E-state index in [1.165, 1.54) is 302 Å². The first kappa shape index (κ1) is 70.6. The Bertz CT molecular complexity index is 1080. The van der Waals surface area contributed by atoms with Gasteiger partial charge in [-0.05, 0) is 51.4 Å². The number of nitrogens with one attached hydrogen (secondary N) is 1. The molecule has 0 saturated carbocycles. The molecule has 0 aliphatic rings. The molecule has 0 spiro atoms. The number of amides is 1. The van der Waals surface area contributed by atoms with Crippen molar-refractivity contribution in [3.05, 3.63) is 12.2 Å². The lowest BCUT2D eigenvalue weighted by Crippen LogP contribution is -2.45. The van der Waals surface area contributed by atoms with E-state index in [-0.39, 0.29) is 18.5 Å². The minimum absolute atomic E-state index is 0.00992. The van der Waals surface area contributed by atoms with Gasteiger partial charge in [-0.15, -0.1) is 0 Å². The Labute approximate surface area is 450 Å². The minimum atomic E-state index is -0.670. The van der Waals surface area contributed by atoms with Crippen molar-refractivity contribution in [2.24, 2.45) is 0 Å². The molecule has 1 amide bonds. The number of allylic oxidation sites excluding steroid dienone is 2. The molecular weight excluding hydrogens is 887 g/mol. The summed E-state index contributed by atoms with van der Waals surface area (Å²) in [4.78, 5) is 24.6. The Kier molecular flexibility index (Phi) is 60.9. The first-order chi connectivity index (χ1) is 35.5. The number of aliphatic hydroxyl groups is 2. The normalized spacial score (nSPS) is 12.6. The summed E-state index contributed by atoms with van der Waals surface area (Å²) >= 11 is 0. The van der Waals surface area contributed by atoms with Gasteiger partial charge in [0, 0.05) is 12.8 Å². The Morgan fingerprint density at radius 2 is 0.653 bits per heavy atom. The molecule has 0 radical (unpaired) electrons. The van der Waals surface area contributed by atoms with E-state index in [1.54, 1.807) is 0 Å². The van der Waals surface area contributed by atoms with Crippen molar-refractivity contribution in [1.29, 1.82) is 0 Å². The lowest BCUT2D eigenvalue weighted by molar-refractivity contribution is -0.143. The number of carbonyl (C=O) groups is 2. The fraction of sp³-hybridized carbons (Fsp3) is 0.939. The molecule has 72 heavy (non-hydrogen) atoms. The van der Waals surface area contributed by atoms with Crippen molar-refractivity contribution in [1.82, 2.24) is 5.32 Å². The second kappa shape index (κ2) is 62.1. The third kappa shape index (κ3) is 57.9. The Hall–Kier alpha value is -1.40. The van der Waals surface area contributed by atoms with Gasteiger partial charge in [0.25, 0.3) is 0 Å². The Balaban J connectivity index is 3.42. The van der Waals surface area contributed by atoms with E-state index in [0.717, 1.165) is 38.5 Å². The number of carbonyl (C=O) groups excluding carboxylic acids is 2. The molecule has 0 fully saturated rings. The standard InChI is InChI=1S/C66H129NO5/c1-3-5-7-9-11-13-15-17-18-19-20-21-23-26-29-32-35-38-42-46-50-54-58-64(69)63(62-68)67-65(70)59-55-51-47-43-39-36-33-30-27-24-22-25-28-31-34-37-41-45-49-53-57-61-72-66(71)60-56-52-48-44-40-16-14-12-10-8-6-4-2/h24,27,63-64,68-69H,3-23,25-26,28-62H2,1-2H3,(H,67,70)/b27-24-. The first-order valence-electron chi connectivity index (χ1n) is 32.9. The van der Waals surface area contributed by atoms with Crippen LogP contribution in [0.15, 0.2) is 12.2 Å². The maximum absolute atomic E-state index is 12.5.